The van der Waals surface area contributed by atoms with Gasteiger partial charge in [-0.15, -0.1) is 11.3 Å². The number of aromatic nitrogens is 1. The van der Waals surface area contributed by atoms with Crippen LogP contribution in [0.1, 0.15) is 5.01 Å². The molecule has 0 radical (unpaired) electrons. The van der Waals surface area contributed by atoms with Crippen molar-refractivity contribution < 1.29 is 9.47 Å². The highest BCUT2D eigenvalue weighted by molar-refractivity contribution is 9.11. The van der Waals surface area contributed by atoms with Gasteiger partial charge >= 0.3 is 0 Å². The van der Waals surface area contributed by atoms with Crippen molar-refractivity contribution in [3.63, 3.8) is 0 Å². The van der Waals surface area contributed by atoms with Gasteiger partial charge in [-0.1, -0.05) is 0 Å². The van der Waals surface area contributed by atoms with E-state index in [1.54, 1.807) is 24.6 Å². The fraction of sp³-hybridized carbons (Fsp3) is 0.182. The van der Waals surface area contributed by atoms with E-state index >= 15 is 0 Å². The number of ether oxygens (including phenoxy) is 2. The lowest BCUT2D eigenvalue weighted by molar-refractivity contribution is 0.305. The zero-order valence-corrected chi connectivity index (χ0v) is 11.0. The number of benzene rings is 1. The number of hydrogen-bond acceptors (Lipinski definition) is 4. The number of hydrogen-bond donors (Lipinski definition) is 0. The van der Waals surface area contributed by atoms with Crippen LogP contribution in [-0.2, 0) is 6.61 Å². The summed E-state index contributed by atoms with van der Waals surface area (Å²) in [6.07, 6.45) is 1.78. The van der Waals surface area contributed by atoms with E-state index in [2.05, 4.69) is 20.9 Å². The van der Waals surface area contributed by atoms with Crippen LogP contribution >= 0.6 is 27.3 Å². The van der Waals surface area contributed by atoms with Crippen molar-refractivity contribution in [2.75, 3.05) is 7.11 Å². The normalized spacial score (nSPS) is 10.1. The van der Waals surface area contributed by atoms with E-state index < -0.39 is 0 Å². The van der Waals surface area contributed by atoms with Crippen LogP contribution in [-0.4, -0.2) is 12.1 Å². The smallest absolute Gasteiger partial charge is 0.140 e. The second-order valence-electron chi connectivity index (χ2n) is 3.02. The predicted octanol–water partition coefficient (Wildman–Crippen LogP) is 3.49. The van der Waals surface area contributed by atoms with Gasteiger partial charge in [0.2, 0.25) is 0 Å². The molecule has 0 amide bonds. The minimum absolute atomic E-state index is 0.489. The first-order valence-corrected chi connectivity index (χ1v) is 6.26. The molecule has 2 aromatic rings. The molecular weight excluding hydrogens is 290 g/mol. The van der Waals surface area contributed by atoms with Crippen LogP contribution in [0.4, 0.5) is 0 Å². The van der Waals surface area contributed by atoms with Gasteiger partial charge in [0.1, 0.15) is 23.1 Å². The van der Waals surface area contributed by atoms with Crippen molar-refractivity contribution in [3.8, 4) is 11.5 Å². The molecular formula is C11H10BrNO2S. The average Bonchev–Trinajstić information content (AvgIpc) is 2.73. The molecule has 0 bridgehead atoms. The largest absolute Gasteiger partial charge is 0.497 e. The third kappa shape index (κ3) is 2.96. The highest BCUT2D eigenvalue weighted by Gasteiger charge is 2.01. The molecule has 0 fully saturated rings. The van der Waals surface area contributed by atoms with Crippen molar-refractivity contribution >= 4 is 27.3 Å². The standard InChI is InChI=1S/C11H10BrNO2S/c1-14-8-2-4-9(5-3-8)15-7-11-13-6-10(12)16-11/h2-6H,7H2,1H3. The Morgan fingerprint density at radius 1 is 1.25 bits per heavy atom. The van der Waals surface area contributed by atoms with E-state index in [0.29, 0.717) is 6.61 Å². The van der Waals surface area contributed by atoms with Crippen LogP contribution in [0, 0.1) is 0 Å². The molecule has 0 aliphatic carbocycles. The van der Waals surface area contributed by atoms with Crippen molar-refractivity contribution in [2.24, 2.45) is 0 Å². The lowest BCUT2D eigenvalue weighted by Crippen LogP contribution is -1.94. The van der Waals surface area contributed by atoms with Crippen LogP contribution in [0.15, 0.2) is 34.2 Å². The monoisotopic (exact) mass is 299 g/mol. The molecule has 2 rings (SSSR count). The van der Waals surface area contributed by atoms with E-state index in [4.69, 9.17) is 9.47 Å². The Hall–Kier alpha value is -1.07. The maximum Gasteiger partial charge on any atom is 0.140 e. The second kappa shape index (κ2) is 5.32. The van der Waals surface area contributed by atoms with Gasteiger partial charge < -0.3 is 9.47 Å². The molecule has 1 aromatic heterocycles. The number of rotatable bonds is 4. The van der Waals surface area contributed by atoms with Crippen LogP contribution in [0.5, 0.6) is 11.5 Å². The first kappa shape index (κ1) is 11.4. The predicted molar refractivity (Wildman–Crippen MR) is 67.1 cm³/mol. The molecule has 1 heterocycles. The molecule has 0 unspecified atom stereocenters. The maximum absolute atomic E-state index is 5.58. The van der Waals surface area contributed by atoms with Gasteiger partial charge in [0, 0.05) is 0 Å². The lowest BCUT2D eigenvalue weighted by atomic mass is 10.3. The second-order valence-corrected chi connectivity index (χ2v) is 5.52. The van der Waals surface area contributed by atoms with Crippen molar-refractivity contribution in [2.45, 2.75) is 6.61 Å². The Morgan fingerprint density at radius 3 is 2.50 bits per heavy atom. The summed E-state index contributed by atoms with van der Waals surface area (Å²) < 4.78 is 11.7. The third-order valence-corrected chi connectivity index (χ3v) is 3.40. The maximum atomic E-state index is 5.58. The highest BCUT2D eigenvalue weighted by Crippen LogP contribution is 2.22. The lowest BCUT2D eigenvalue weighted by Gasteiger charge is -2.04. The van der Waals surface area contributed by atoms with Crippen LogP contribution in [0.3, 0.4) is 0 Å². The summed E-state index contributed by atoms with van der Waals surface area (Å²) in [6.45, 7) is 0.489. The quantitative estimate of drug-likeness (QED) is 0.866. The highest BCUT2D eigenvalue weighted by atomic mass is 79.9. The van der Waals surface area contributed by atoms with Crippen LogP contribution < -0.4 is 9.47 Å². The summed E-state index contributed by atoms with van der Waals surface area (Å²) in [5.41, 5.74) is 0. The minimum atomic E-state index is 0.489. The van der Waals surface area contributed by atoms with Gasteiger partial charge in [-0.05, 0) is 40.2 Å². The Balaban J connectivity index is 1.94. The molecule has 5 heteroatoms. The molecule has 0 N–H and O–H groups in total. The third-order valence-electron chi connectivity index (χ3n) is 1.95. The molecule has 0 aliphatic rings. The zero-order valence-electron chi connectivity index (χ0n) is 8.64. The summed E-state index contributed by atoms with van der Waals surface area (Å²) in [6, 6.07) is 7.49. The Kier molecular flexibility index (Phi) is 3.79. The van der Waals surface area contributed by atoms with Crippen LogP contribution in [0.2, 0.25) is 0 Å². The average molecular weight is 300 g/mol. The Bertz CT molecular complexity index is 455. The van der Waals surface area contributed by atoms with Crippen LogP contribution in [0.25, 0.3) is 0 Å². The summed E-state index contributed by atoms with van der Waals surface area (Å²) in [5, 5.41) is 0.947. The first-order chi connectivity index (χ1) is 7.78. The fourth-order valence-corrected chi connectivity index (χ4v) is 2.39. The Labute approximate surface area is 106 Å². The van der Waals surface area contributed by atoms with E-state index in [-0.39, 0.29) is 0 Å². The fourth-order valence-electron chi connectivity index (χ4n) is 1.17. The number of halogens is 1. The van der Waals surface area contributed by atoms with Gasteiger partial charge in [0.25, 0.3) is 0 Å². The molecule has 3 nitrogen and oxygen atoms in total. The SMILES string of the molecule is COc1ccc(OCc2ncc(Br)s2)cc1. The van der Waals surface area contributed by atoms with E-state index in [1.807, 2.05) is 24.3 Å². The molecule has 1 aromatic carbocycles. The first-order valence-electron chi connectivity index (χ1n) is 4.65. The van der Waals surface area contributed by atoms with Gasteiger partial charge in [-0.25, -0.2) is 4.98 Å². The van der Waals surface area contributed by atoms with Gasteiger partial charge in [0.15, 0.2) is 0 Å². The van der Waals surface area contributed by atoms with E-state index in [9.17, 15) is 0 Å². The molecule has 0 saturated heterocycles. The number of nitrogens with zero attached hydrogens (tertiary/aromatic N) is 1. The molecule has 0 atom stereocenters. The summed E-state index contributed by atoms with van der Waals surface area (Å²) in [4.78, 5) is 4.19. The van der Waals surface area contributed by atoms with E-state index in [1.165, 1.54) is 0 Å². The minimum Gasteiger partial charge on any atom is -0.497 e. The molecule has 0 aliphatic heterocycles. The molecule has 0 spiro atoms. The number of methoxy groups -OCH3 is 1. The topological polar surface area (TPSA) is 31.4 Å². The Morgan fingerprint density at radius 2 is 1.94 bits per heavy atom. The molecule has 0 saturated carbocycles. The van der Waals surface area contributed by atoms with Gasteiger partial charge in [0.05, 0.1) is 17.1 Å². The van der Waals surface area contributed by atoms with Gasteiger partial charge in [-0.2, -0.15) is 0 Å². The van der Waals surface area contributed by atoms with Crippen molar-refractivity contribution in [1.82, 2.24) is 4.98 Å². The van der Waals surface area contributed by atoms with Crippen molar-refractivity contribution in [1.29, 1.82) is 0 Å². The summed E-state index contributed by atoms with van der Waals surface area (Å²) in [5.74, 6) is 1.64. The van der Waals surface area contributed by atoms with Crippen molar-refractivity contribution in [3.05, 3.63) is 39.3 Å². The zero-order chi connectivity index (χ0) is 11.4. The molecule has 16 heavy (non-hydrogen) atoms. The summed E-state index contributed by atoms with van der Waals surface area (Å²) in [7, 11) is 1.64. The number of thiazole rings is 1. The summed E-state index contributed by atoms with van der Waals surface area (Å²) >= 11 is 4.93. The molecule has 84 valence electrons. The van der Waals surface area contributed by atoms with E-state index in [0.717, 1.165) is 20.3 Å². The van der Waals surface area contributed by atoms with Gasteiger partial charge in [-0.3, -0.25) is 0 Å².